The number of likely N-dealkylation sites (tertiary alicyclic amines) is 1. The molecule has 1 saturated heterocycles. The minimum atomic E-state index is -0.869. The zero-order valence-electron chi connectivity index (χ0n) is 10.2. The Balaban J connectivity index is 2.03. The number of thiophene rings is 1. The van der Waals surface area contributed by atoms with E-state index in [1.165, 1.54) is 16.2 Å². The first-order chi connectivity index (χ1) is 9.11. The van der Waals surface area contributed by atoms with Gasteiger partial charge in [0.05, 0.1) is 29.3 Å². The van der Waals surface area contributed by atoms with Crippen molar-refractivity contribution >= 4 is 17.2 Å². The van der Waals surface area contributed by atoms with Crippen LogP contribution in [0.5, 0.6) is 0 Å². The maximum atomic E-state index is 12.1. The Morgan fingerprint density at radius 3 is 2.74 bits per heavy atom. The van der Waals surface area contributed by atoms with Crippen LogP contribution in [0.15, 0.2) is 11.4 Å². The lowest BCUT2D eigenvalue weighted by molar-refractivity contribution is 0.0572. The van der Waals surface area contributed by atoms with Crippen LogP contribution in [0.25, 0.3) is 0 Å². The Morgan fingerprint density at radius 1 is 1.42 bits per heavy atom. The molecule has 1 aliphatic heterocycles. The summed E-state index contributed by atoms with van der Waals surface area (Å²) in [7, 11) is 0. The Bertz CT molecular complexity index is 506. The zero-order chi connectivity index (χ0) is 13.8. The van der Waals surface area contributed by atoms with Gasteiger partial charge in [0.25, 0.3) is 5.91 Å². The molecule has 102 valence electrons. The van der Waals surface area contributed by atoms with Crippen LogP contribution in [-0.4, -0.2) is 58.0 Å². The molecule has 1 aromatic rings. The van der Waals surface area contributed by atoms with Gasteiger partial charge in [-0.05, 0) is 6.07 Å². The quantitative estimate of drug-likeness (QED) is 0.648. The smallest absolute Gasteiger partial charge is 0.254 e. The fourth-order valence-electron chi connectivity index (χ4n) is 1.84. The Hall–Kier alpha value is -1.39. The molecule has 1 fully saturated rings. The van der Waals surface area contributed by atoms with Gasteiger partial charge in [0.1, 0.15) is 0 Å². The summed E-state index contributed by atoms with van der Waals surface area (Å²) in [5.41, 5.74) is 0.514. The molecule has 2 heterocycles. The molecule has 0 aliphatic carbocycles. The van der Waals surface area contributed by atoms with Gasteiger partial charge < -0.3 is 20.2 Å². The van der Waals surface area contributed by atoms with E-state index in [-0.39, 0.29) is 25.6 Å². The predicted octanol–water partition coefficient (Wildman–Crippen LogP) is -0.340. The summed E-state index contributed by atoms with van der Waals surface area (Å²) < 4.78 is 0. The highest BCUT2D eigenvalue weighted by Gasteiger charge is 2.33. The summed E-state index contributed by atoms with van der Waals surface area (Å²) in [5, 5.41) is 29.2. The second-order valence-corrected chi connectivity index (χ2v) is 5.23. The van der Waals surface area contributed by atoms with E-state index in [2.05, 4.69) is 11.8 Å². The predicted molar refractivity (Wildman–Crippen MR) is 70.8 cm³/mol. The van der Waals surface area contributed by atoms with Crippen molar-refractivity contribution in [1.29, 1.82) is 0 Å². The van der Waals surface area contributed by atoms with Crippen LogP contribution < -0.4 is 0 Å². The fourth-order valence-corrected chi connectivity index (χ4v) is 2.59. The van der Waals surface area contributed by atoms with E-state index in [4.69, 9.17) is 5.11 Å². The first-order valence-electron chi connectivity index (χ1n) is 5.95. The van der Waals surface area contributed by atoms with Gasteiger partial charge >= 0.3 is 0 Å². The van der Waals surface area contributed by atoms with E-state index in [9.17, 15) is 15.0 Å². The summed E-state index contributed by atoms with van der Waals surface area (Å²) in [6.07, 6.45) is -1.33. The maximum absolute atomic E-state index is 12.1. The van der Waals surface area contributed by atoms with E-state index >= 15 is 0 Å². The number of hydrogen-bond donors (Lipinski definition) is 3. The Kier molecular flexibility index (Phi) is 4.56. The normalized spacial score (nSPS) is 22.2. The van der Waals surface area contributed by atoms with Crippen LogP contribution >= 0.6 is 11.3 Å². The van der Waals surface area contributed by atoms with Gasteiger partial charge in [-0.25, -0.2) is 0 Å². The van der Waals surface area contributed by atoms with Gasteiger partial charge in [-0.3, -0.25) is 4.79 Å². The minimum absolute atomic E-state index is 0.0215. The van der Waals surface area contributed by atoms with E-state index in [1.54, 1.807) is 11.4 Å². The first kappa shape index (κ1) is 14.0. The molecule has 1 aromatic heterocycles. The van der Waals surface area contributed by atoms with Crippen LogP contribution in [0.3, 0.4) is 0 Å². The SMILES string of the molecule is O=C(c1csc(C#CCCO)c1)N1CC(O)C(O)C1. The number of aliphatic hydroxyl groups excluding tert-OH is 3. The molecule has 2 atom stereocenters. The lowest BCUT2D eigenvalue weighted by Crippen LogP contribution is -2.29. The van der Waals surface area contributed by atoms with E-state index in [0.717, 1.165) is 4.88 Å². The number of aliphatic hydroxyl groups is 3. The third-order valence-corrected chi connectivity index (χ3v) is 3.69. The molecule has 1 aliphatic rings. The van der Waals surface area contributed by atoms with Crippen molar-refractivity contribution in [1.82, 2.24) is 4.90 Å². The number of nitrogens with zero attached hydrogens (tertiary/aromatic N) is 1. The number of rotatable bonds is 2. The van der Waals surface area contributed by atoms with Gasteiger partial charge in [-0.1, -0.05) is 11.8 Å². The number of carbonyl (C=O) groups excluding carboxylic acids is 1. The molecule has 3 N–H and O–H groups in total. The molecule has 0 spiro atoms. The second kappa shape index (κ2) is 6.17. The second-order valence-electron chi connectivity index (χ2n) is 4.32. The van der Waals surface area contributed by atoms with Gasteiger partial charge in [0.15, 0.2) is 0 Å². The highest BCUT2D eigenvalue weighted by molar-refractivity contribution is 7.10. The highest BCUT2D eigenvalue weighted by Crippen LogP contribution is 2.19. The fraction of sp³-hybridized carbons (Fsp3) is 0.462. The minimum Gasteiger partial charge on any atom is -0.395 e. The summed E-state index contributed by atoms with van der Waals surface area (Å²) in [6, 6.07) is 1.69. The highest BCUT2D eigenvalue weighted by atomic mass is 32.1. The van der Waals surface area contributed by atoms with Crippen LogP contribution in [0.2, 0.25) is 0 Å². The maximum Gasteiger partial charge on any atom is 0.254 e. The molecule has 1 amide bonds. The topological polar surface area (TPSA) is 81.0 Å². The molecule has 0 bridgehead atoms. The molecule has 0 saturated carbocycles. The molecule has 19 heavy (non-hydrogen) atoms. The zero-order valence-corrected chi connectivity index (χ0v) is 11.1. The van der Waals surface area contributed by atoms with Gasteiger partial charge in [0.2, 0.25) is 0 Å². The van der Waals surface area contributed by atoms with Gasteiger partial charge in [-0.2, -0.15) is 0 Å². The van der Waals surface area contributed by atoms with Crippen LogP contribution in [0.1, 0.15) is 21.7 Å². The molecule has 0 aromatic carbocycles. The van der Waals surface area contributed by atoms with Gasteiger partial charge in [-0.15, -0.1) is 11.3 Å². The third kappa shape index (κ3) is 3.33. The average molecular weight is 281 g/mol. The van der Waals surface area contributed by atoms with Crippen molar-refractivity contribution in [2.45, 2.75) is 18.6 Å². The van der Waals surface area contributed by atoms with E-state index < -0.39 is 12.2 Å². The van der Waals surface area contributed by atoms with Crippen molar-refractivity contribution in [3.05, 3.63) is 21.9 Å². The number of carbonyl (C=O) groups is 1. The summed E-state index contributed by atoms with van der Waals surface area (Å²) in [4.78, 5) is 14.3. The van der Waals surface area contributed by atoms with Crippen LogP contribution in [0, 0.1) is 11.8 Å². The largest absolute Gasteiger partial charge is 0.395 e. The standard InChI is InChI=1S/C13H15NO4S/c15-4-2-1-3-10-5-9(8-19-10)13(18)14-6-11(16)12(17)7-14/h5,8,11-12,15-17H,2,4,6-7H2. The Labute approximate surface area is 115 Å². The lowest BCUT2D eigenvalue weighted by Gasteiger charge is -2.13. The molecular weight excluding hydrogens is 266 g/mol. The molecule has 0 radical (unpaired) electrons. The van der Waals surface area contributed by atoms with Crippen molar-refractivity contribution in [3.63, 3.8) is 0 Å². The van der Waals surface area contributed by atoms with E-state index in [0.29, 0.717) is 12.0 Å². The molecule has 5 nitrogen and oxygen atoms in total. The third-order valence-electron chi connectivity index (χ3n) is 2.84. The average Bonchev–Trinajstić information content (AvgIpc) is 2.97. The van der Waals surface area contributed by atoms with Crippen molar-refractivity contribution in [2.75, 3.05) is 19.7 Å². The monoisotopic (exact) mass is 281 g/mol. The molecule has 2 unspecified atom stereocenters. The summed E-state index contributed by atoms with van der Waals surface area (Å²) in [6.45, 7) is 0.330. The molecular formula is C13H15NO4S. The van der Waals surface area contributed by atoms with E-state index in [1.807, 2.05) is 0 Å². The lowest BCUT2D eigenvalue weighted by atomic mass is 10.2. The van der Waals surface area contributed by atoms with Crippen molar-refractivity contribution < 1.29 is 20.1 Å². The number of hydrogen-bond acceptors (Lipinski definition) is 5. The Morgan fingerprint density at radius 2 is 2.11 bits per heavy atom. The molecule has 2 rings (SSSR count). The number of β-amino-alcohol motifs (C(OH)–C–C–N with tert-alkyl or cyclic N) is 2. The summed E-state index contributed by atoms with van der Waals surface area (Å²) >= 11 is 1.36. The van der Waals surface area contributed by atoms with Gasteiger partial charge in [0, 0.05) is 24.9 Å². The van der Waals surface area contributed by atoms with Crippen LogP contribution in [0.4, 0.5) is 0 Å². The summed E-state index contributed by atoms with van der Waals surface area (Å²) in [5.74, 6) is 5.45. The van der Waals surface area contributed by atoms with Crippen LogP contribution in [-0.2, 0) is 0 Å². The van der Waals surface area contributed by atoms with Crippen molar-refractivity contribution in [2.24, 2.45) is 0 Å². The van der Waals surface area contributed by atoms with Crippen molar-refractivity contribution in [3.8, 4) is 11.8 Å². The first-order valence-corrected chi connectivity index (χ1v) is 6.83. The number of amides is 1. The molecule has 6 heteroatoms.